The number of hydrogen-bond acceptors (Lipinski definition) is 2. The highest BCUT2D eigenvalue weighted by Crippen LogP contribution is 2.32. The van der Waals surface area contributed by atoms with Crippen LogP contribution in [0.15, 0.2) is 47.2 Å². The van der Waals surface area contributed by atoms with Gasteiger partial charge in [-0.05, 0) is 39.5 Å². The highest BCUT2D eigenvalue weighted by molar-refractivity contribution is 9.10. The molecule has 27 heavy (non-hydrogen) atoms. The second-order valence-corrected chi connectivity index (χ2v) is 15.1. The average Bonchev–Trinajstić information content (AvgIpc) is 2.93. The van der Waals surface area contributed by atoms with Crippen LogP contribution in [0.2, 0.25) is 25.7 Å². The molecule has 0 saturated carbocycles. The highest BCUT2D eigenvalue weighted by Gasteiger charge is 2.14. The lowest BCUT2D eigenvalue weighted by Gasteiger charge is -2.16. The maximum atomic E-state index is 5.93. The first-order valence-corrected chi connectivity index (χ1v) is 14.1. The molecule has 3 nitrogen and oxygen atoms in total. The lowest BCUT2D eigenvalue weighted by molar-refractivity contribution is 0.0901. The highest BCUT2D eigenvalue weighted by atomic mass is 79.9. The van der Waals surface area contributed by atoms with Gasteiger partial charge < -0.3 is 9.30 Å². The molecule has 5 heteroatoms. The SMILES string of the molecule is CC(C)c1ccccc1-c1cc2c(Br)cn(COCC[Si](C)(C)C)c2cn1. The molecule has 0 atom stereocenters. The minimum absolute atomic E-state index is 0.464. The predicted molar refractivity (Wildman–Crippen MR) is 121 cm³/mol. The smallest absolute Gasteiger partial charge is 0.122 e. The van der Waals surface area contributed by atoms with Crippen LogP contribution in [0.5, 0.6) is 0 Å². The zero-order chi connectivity index (χ0) is 19.6. The summed E-state index contributed by atoms with van der Waals surface area (Å²) in [6, 6.07) is 11.9. The average molecular weight is 445 g/mol. The van der Waals surface area contributed by atoms with Crippen molar-refractivity contribution in [2.24, 2.45) is 0 Å². The number of fused-ring (bicyclic) bond motifs is 1. The van der Waals surface area contributed by atoms with Crippen molar-refractivity contribution in [1.29, 1.82) is 0 Å². The molecule has 0 aliphatic carbocycles. The largest absolute Gasteiger partial charge is 0.361 e. The summed E-state index contributed by atoms with van der Waals surface area (Å²) in [4.78, 5) is 4.77. The lowest BCUT2D eigenvalue weighted by Crippen LogP contribution is -2.21. The maximum absolute atomic E-state index is 5.93. The molecule has 0 saturated heterocycles. The Hall–Kier alpha value is -1.43. The van der Waals surface area contributed by atoms with E-state index in [0.29, 0.717) is 12.6 Å². The molecule has 0 bridgehead atoms. The number of hydrogen-bond donors (Lipinski definition) is 0. The van der Waals surface area contributed by atoms with Gasteiger partial charge in [0.05, 0.1) is 17.4 Å². The molecule has 2 heterocycles. The van der Waals surface area contributed by atoms with Crippen LogP contribution in [0.4, 0.5) is 0 Å². The van der Waals surface area contributed by atoms with Gasteiger partial charge in [-0.15, -0.1) is 0 Å². The van der Waals surface area contributed by atoms with E-state index in [-0.39, 0.29) is 0 Å². The Balaban J connectivity index is 1.86. The Labute approximate surface area is 171 Å². The Morgan fingerprint density at radius 1 is 1.19 bits per heavy atom. The molecule has 0 radical (unpaired) electrons. The molecule has 3 aromatic rings. The van der Waals surface area contributed by atoms with Crippen LogP contribution in [0.25, 0.3) is 22.2 Å². The number of ether oxygens (including phenoxy) is 1. The van der Waals surface area contributed by atoms with E-state index < -0.39 is 8.07 Å². The summed E-state index contributed by atoms with van der Waals surface area (Å²) in [6.07, 6.45) is 4.06. The van der Waals surface area contributed by atoms with Crippen LogP contribution in [0, 0.1) is 0 Å². The van der Waals surface area contributed by atoms with Gasteiger partial charge in [0.2, 0.25) is 0 Å². The number of pyridine rings is 1. The molecule has 144 valence electrons. The summed E-state index contributed by atoms with van der Waals surface area (Å²) in [5, 5.41) is 1.17. The lowest BCUT2D eigenvalue weighted by atomic mass is 9.95. The zero-order valence-electron chi connectivity index (χ0n) is 16.9. The third kappa shape index (κ3) is 4.89. The number of halogens is 1. The van der Waals surface area contributed by atoms with Gasteiger partial charge in [-0.1, -0.05) is 57.8 Å². The quantitative estimate of drug-likeness (QED) is 0.292. The Morgan fingerprint density at radius 3 is 2.63 bits per heavy atom. The van der Waals surface area contributed by atoms with Crippen molar-refractivity contribution in [2.75, 3.05) is 6.61 Å². The fourth-order valence-corrected chi connectivity index (χ4v) is 4.49. The van der Waals surface area contributed by atoms with Crippen LogP contribution >= 0.6 is 15.9 Å². The fraction of sp³-hybridized carbons (Fsp3) is 0.409. The first kappa shape index (κ1) is 20.3. The van der Waals surface area contributed by atoms with Crippen molar-refractivity contribution in [1.82, 2.24) is 9.55 Å². The van der Waals surface area contributed by atoms with E-state index in [1.165, 1.54) is 22.6 Å². The van der Waals surface area contributed by atoms with E-state index in [4.69, 9.17) is 9.72 Å². The zero-order valence-corrected chi connectivity index (χ0v) is 19.5. The first-order chi connectivity index (χ1) is 12.8. The van der Waals surface area contributed by atoms with Crippen LogP contribution < -0.4 is 0 Å². The number of benzene rings is 1. The van der Waals surface area contributed by atoms with E-state index in [1.807, 2.05) is 6.20 Å². The molecule has 0 N–H and O–H groups in total. The van der Waals surface area contributed by atoms with Crippen molar-refractivity contribution in [3.05, 3.63) is 52.8 Å². The minimum Gasteiger partial charge on any atom is -0.361 e. The first-order valence-electron chi connectivity index (χ1n) is 9.58. The Morgan fingerprint density at radius 2 is 1.93 bits per heavy atom. The van der Waals surface area contributed by atoms with Crippen LogP contribution in [-0.4, -0.2) is 24.2 Å². The van der Waals surface area contributed by atoms with Gasteiger partial charge in [-0.3, -0.25) is 4.98 Å². The molecule has 1 aromatic carbocycles. The van der Waals surface area contributed by atoms with Gasteiger partial charge in [-0.25, -0.2) is 0 Å². The van der Waals surface area contributed by atoms with Crippen molar-refractivity contribution in [3.8, 4) is 11.3 Å². The third-order valence-corrected chi connectivity index (χ3v) is 7.14. The summed E-state index contributed by atoms with van der Waals surface area (Å²) in [6.45, 7) is 13.0. The normalized spacial score (nSPS) is 12.3. The molecule has 0 aliphatic rings. The molecular weight excluding hydrogens is 416 g/mol. The van der Waals surface area contributed by atoms with Crippen LogP contribution in [-0.2, 0) is 11.5 Å². The van der Waals surface area contributed by atoms with Gasteiger partial charge >= 0.3 is 0 Å². The topological polar surface area (TPSA) is 27.1 Å². The molecular formula is C22H29BrN2OSi. The van der Waals surface area contributed by atoms with Gasteiger partial charge in [0.1, 0.15) is 6.73 Å². The number of aromatic nitrogens is 2. The third-order valence-electron chi connectivity index (χ3n) is 4.80. The van der Waals surface area contributed by atoms with E-state index in [2.05, 4.69) is 90.5 Å². The van der Waals surface area contributed by atoms with Crippen molar-refractivity contribution in [2.45, 2.75) is 52.2 Å². The van der Waals surface area contributed by atoms with Crippen molar-refractivity contribution < 1.29 is 4.74 Å². The van der Waals surface area contributed by atoms with E-state index >= 15 is 0 Å². The molecule has 0 fully saturated rings. The maximum Gasteiger partial charge on any atom is 0.122 e. The summed E-state index contributed by atoms with van der Waals surface area (Å²) in [5.74, 6) is 0.464. The molecule has 0 amide bonds. The molecule has 0 unspecified atom stereocenters. The van der Waals surface area contributed by atoms with Crippen molar-refractivity contribution >= 4 is 34.9 Å². The fourth-order valence-electron chi connectivity index (χ4n) is 3.17. The van der Waals surface area contributed by atoms with E-state index in [0.717, 1.165) is 22.3 Å². The minimum atomic E-state index is -1.06. The Kier molecular flexibility index (Phi) is 6.24. The summed E-state index contributed by atoms with van der Waals surface area (Å²) >= 11 is 3.72. The second-order valence-electron chi connectivity index (χ2n) is 8.62. The number of nitrogens with zero attached hydrogens (tertiary/aromatic N) is 2. The van der Waals surface area contributed by atoms with E-state index in [1.54, 1.807) is 0 Å². The molecule has 2 aromatic heterocycles. The van der Waals surface area contributed by atoms with Crippen LogP contribution in [0.1, 0.15) is 25.3 Å². The number of rotatable bonds is 7. The second kappa shape index (κ2) is 8.29. The standard InChI is InChI=1S/C22H29BrN2OSi/c1-16(2)17-8-6-7-9-18(17)21-12-19-20(23)14-25(22(19)13-24-21)15-26-10-11-27(3,4)5/h6-9,12-14,16H,10-11,15H2,1-5H3. The van der Waals surface area contributed by atoms with E-state index in [9.17, 15) is 0 Å². The van der Waals surface area contributed by atoms with Gasteiger partial charge in [0, 0.05) is 36.3 Å². The summed E-state index contributed by atoms with van der Waals surface area (Å²) < 4.78 is 9.15. The molecule has 3 rings (SSSR count). The van der Waals surface area contributed by atoms with Gasteiger partial charge in [-0.2, -0.15) is 0 Å². The molecule has 0 spiro atoms. The monoisotopic (exact) mass is 444 g/mol. The summed E-state index contributed by atoms with van der Waals surface area (Å²) in [5.41, 5.74) is 4.65. The van der Waals surface area contributed by atoms with Gasteiger partial charge in [0.25, 0.3) is 0 Å². The summed E-state index contributed by atoms with van der Waals surface area (Å²) in [7, 11) is -1.06. The predicted octanol–water partition coefficient (Wildman–Crippen LogP) is 6.90. The van der Waals surface area contributed by atoms with Gasteiger partial charge in [0.15, 0.2) is 0 Å². The molecule has 0 aliphatic heterocycles. The van der Waals surface area contributed by atoms with Crippen LogP contribution in [0.3, 0.4) is 0 Å². The Bertz CT molecular complexity index is 928. The van der Waals surface area contributed by atoms with Crippen molar-refractivity contribution in [3.63, 3.8) is 0 Å².